The van der Waals surface area contributed by atoms with E-state index in [-0.39, 0.29) is 30.7 Å². The van der Waals surface area contributed by atoms with E-state index < -0.39 is 23.6 Å². The molecule has 1 N–H and O–H groups in total. The van der Waals surface area contributed by atoms with E-state index >= 15 is 0 Å². The topological polar surface area (TPSA) is 98.8 Å². The van der Waals surface area contributed by atoms with Crippen LogP contribution in [0.15, 0.2) is 12.2 Å². The first-order chi connectivity index (χ1) is 10.2. The van der Waals surface area contributed by atoms with Crippen molar-refractivity contribution >= 4 is 24.0 Å². The molecule has 0 bridgehead atoms. The van der Waals surface area contributed by atoms with Gasteiger partial charge in [0.2, 0.25) is 5.72 Å². The zero-order valence-electron chi connectivity index (χ0n) is 13.4. The van der Waals surface area contributed by atoms with Gasteiger partial charge in [-0.3, -0.25) is 19.7 Å². The number of ketones is 2. The maximum atomic E-state index is 12.3. The van der Waals surface area contributed by atoms with E-state index in [0.29, 0.717) is 6.54 Å². The first kappa shape index (κ1) is 20.0. The van der Waals surface area contributed by atoms with Gasteiger partial charge in [-0.05, 0) is 27.3 Å². The smallest absolute Gasteiger partial charge is 0.333 e. The Kier molecular flexibility index (Phi) is 8.26. The molecule has 7 nitrogen and oxygen atoms in total. The van der Waals surface area contributed by atoms with Gasteiger partial charge in [0.05, 0.1) is 6.42 Å². The van der Waals surface area contributed by atoms with Crippen molar-refractivity contribution in [2.24, 2.45) is 0 Å². The van der Waals surface area contributed by atoms with Crippen LogP contribution in [0.1, 0.15) is 40.5 Å². The molecule has 124 valence electrons. The first-order valence-corrected chi connectivity index (χ1v) is 6.94. The predicted molar refractivity (Wildman–Crippen MR) is 78.8 cm³/mol. The van der Waals surface area contributed by atoms with Crippen molar-refractivity contribution in [3.63, 3.8) is 0 Å². The minimum atomic E-state index is -1.70. The quantitative estimate of drug-likeness (QED) is 0.199. The van der Waals surface area contributed by atoms with E-state index in [1.165, 1.54) is 13.8 Å². The second-order valence-electron chi connectivity index (χ2n) is 5.07. The SMILES string of the molecule is C=C(C)C(=O)OC(C)CC(NCC)(OC=O)C(=O)CC(C)=O. The molecule has 0 fully saturated rings. The number of Topliss-reactive ketones (excluding diaryl/α,β-unsaturated/α-hetero) is 2. The summed E-state index contributed by atoms with van der Waals surface area (Å²) in [6.45, 7) is 9.95. The van der Waals surface area contributed by atoms with E-state index in [4.69, 9.17) is 9.47 Å². The number of esters is 1. The highest BCUT2D eigenvalue weighted by Gasteiger charge is 2.42. The van der Waals surface area contributed by atoms with E-state index in [2.05, 4.69) is 11.9 Å². The van der Waals surface area contributed by atoms with E-state index in [9.17, 15) is 19.2 Å². The van der Waals surface area contributed by atoms with Gasteiger partial charge in [-0.15, -0.1) is 0 Å². The third-order valence-electron chi connectivity index (χ3n) is 2.80. The lowest BCUT2D eigenvalue weighted by atomic mass is 9.97. The van der Waals surface area contributed by atoms with Gasteiger partial charge >= 0.3 is 5.97 Å². The van der Waals surface area contributed by atoms with Gasteiger partial charge in [-0.25, -0.2) is 4.79 Å². The van der Waals surface area contributed by atoms with Crippen LogP contribution in [0.4, 0.5) is 0 Å². The standard InChI is InChI=1S/C15H23NO6/c1-6-16-15(21-9-17,13(19)7-11(4)18)8-12(5)22-14(20)10(2)3/h9,12,16H,2,6-8H2,1,3-5H3. The Morgan fingerprint density at radius 1 is 1.32 bits per heavy atom. The zero-order valence-corrected chi connectivity index (χ0v) is 13.4. The van der Waals surface area contributed by atoms with Crippen LogP contribution in [0.2, 0.25) is 0 Å². The summed E-state index contributed by atoms with van der Waals surface area (Å²) in [5.41, 5.74) is -1.48. The van der Waals surface area contributed by atoms with Crippen LogP contribution in [-0.2, 0) is 28.7 Å². The molecular formula is C15H23NO6. The van der Waals surface area contributed by atoms with Crippen LogP contribution in [0.5, 0.6) is 0 Å². The molecule has 0 aromatic heterocycles. The average molecular weight is 313 g/mol. The number of carbonyl (C=O) groups is 4. The molecule has 0 aromatic carbocycles. The van der Waals surface area contributed by atoms with Gasteiger partial charge in [0, 0.05) is 12.0 Å². The van der Waals surface area contributed by atoms with Crippen molar-refractivity contribution in [3.05, 3.63) is 12.2 Å². The number of nitrogens with one attached hydrogen (secondary N) is 1. The molecule has 0 aromatic rings. The fourth-order valence-corrected chi connectivity index (χ4v) is 1.91. The molecule has 2 unspecified atom stereocenters. The Bertz CT molecular complexity index is 459. The maximum Gasteiger partial charge on any atom is 0.333 e. The van der Waals surface area contributed by atoms with Crippen molar-refractivity contribution in [1.82, 2.24) is 5.32 Å². The van der Waals surface area contributed by atoms with Crippen molar-refractivity contribution in [2.45, 2.75) is 52.4 Å². The van der Waals surface area contributed by atoms with Crippen LogP contribution in [-0.4, -0.2) is 42.4 Å². The summed E-state index contributed by atoms with van der Waals surface area (Å²) in [4.78, 5) is 45.7. The minimum Gasteiger partial charge on any atom is -0.459 e. The van der Waals surface area contributed by atoms with Gasteiger partial charge in [0.1, 0.15) is 11.9 Å². The molecule has 0 radical (unpaired) electrons. The predicted octanol–water partition coefficient (Wildman–Crippen LogP) is 0.911. The maximum absolute atomic E-state index is 12.3. The highest BCUT2D eigenvalue weighted by Crippen LogP contribution is 2.20. The number of carbonyl (C=O) groups excluding carboxylic acids is 4. The Labute approximate surface area is 130 Å². The summed E-state index contributed by atoms with van der Waals surface area (Å²) in [6, 6.07) is 0. The molecule has 0 rings (SSSR count). The van der Waals surface area contributed by atoms with Gasteiger partial charge in [-0.1, -0.05) is 13.5 Å². The normalized spacial score (nSPS) is 14.4. The molecule has 0 saturated carbocycles. The van der Waals surface area contributed by atoms with E-state index in [1.54, 1.807) is 13.8 Å². The van der Waals surface area contributed by atoms with Gasteiger partial charge in [0.25, 0.3) is 6.47 Å². The molecule has 7 heteroatoms. The summed E-state index contributed by atoms with van der Waals surface area (Å²) < 4.78 is 10.0. The Morgan fingerprint density at radius 2 is 1.91 bits per heavy atom. The molecule has 0 amide bonds. The number of hydrogen-bond acceptors (Lipinski definition) is 7. The van der Waals surface area contributed by atoms with Crippen molar-refractivity contribution in [3.8, 4) is 0 Å². The molecule has 0 saturated heterocycles. The monoisotopic (exact) mass is 313 g/mol. The fourth-order valence-electron chi connectivity index (χ4n) is 1.91. The molecule has 22 heavy (non-hydrogen) atoms. The van der Waals surface area contributed by atoms with Gasteiger partial charge in [0.15, 0.2) is 5.78 Å². The van der Waals surface area contributed by atoms with Crippen molar-refractivity contribution in [2.75, 3.05) is 6.54 Å². The molecule has 0 aliphatic carbocycles. The zero-order chi connectivity index (χ0) is 17.3. The van der Waals surface area contributed by atoms with Gasteiger partial charge in [-0.2, -0.15) is 0 Å². The summed E-state index contributed by atoms with van der Waals surface area (Å²) in [7, 11) is 0. The third-order valence-corrected chi connectivity index (χ3v) is 2.80. The van der Waals surface area contributed by atoms with Gasteiger partial charge < -0.3 is 9.47 Å². The Balaban J connectivity index is 5.24. The van der Waals surface area contributed by atoms with Crippen LogP contribution < -0.4 is 5.32 Å². The second kappa shape index (κ2) is 9.09. The third kappa shape index (κ3) is 6.17. The van der Waals surface area contributed by atoms with Crippen molar-refractivity contribution in [1.29, 1.82) is 0 Å². The molecule has 0 spiro atoms. The van der Waals surface area contributed by atoms with Crippen LogP contribution >= 0.6 is 0 Å². The van der Waals surface area contributed by atoms with Crippen molar-refractivity contribution < 1.29 is 28.7 Å². The molecule has 0 heterocycles. The lowest BCUT2D eigenvalue weighted by Gasteiger charge is -2.33. The Morgan fingerprint density at radius 3 is 2.32 bits per heavy atom. The highest BCUT2D eigenvalue weighted by molar-refractivity contribution is 6.02. The largest absolute Gasteiger partial charge is 0.459 e. The highest BCUT2D eigenvalue weighted by atomic mass is 16.6. The molecule has 2 atom stereocenters. The second-order valence-corrected chi connectivity index (χ2v) is 5.07. The lowest BCUT2D eigenvalue weighted by Crippen LogP contribution is -2.56. The fraction of sp³-hybridized carbons (Fsp3) is 0.600. The average Bonchev–Trinajstić information content (AvgIpc) is 2.37. The molecule has 0 aliphatic rings. The summed E-state index contributed by atoms with van der Waals surface area (Å²) in [6.07, 6.45) is -1.22. The number of likely N-dealkylation sites (N-methyl/N-ethyl adjacent to an activating group) is 1. The van der Waals surface area contributed by atoms with Crippen LogP contribution in [0.25, 0.3) is 0 Å². The number of rotatable bonds is 11. The lowest BCUT2D eigenvalue weighted by molar-refractivity contribution is -0.168. The summed E-state index contributed by atoms with van der Waals surface area (Å²) in [5.74, 6) is -1.55. The molecular weight excluding hydrogens is 290 g/mol. The Hall–Kier alpha value is -2.02. The van der Waals surface area contributed by atoms with E-state index in [1.807, 2.05) is 0 Å². The minimum absolute atomic E-state index is 0.106. The number of ether oxygens (including phenoxy) is 2. The van der Waals surface area contributed by atoms with Crippen LogP contribution in [0.3, 0.4) is 0 Å². The summed E-state index contributed by atoms with van der Waals surface area (Å²) in [5, 5.41) is 2.77. The van der Waals surface area contributed by atoms with Crippen LogP contribution in [0, 0.1) is 0 Å². The summed E-state index contributed by atoms with van der Waals surface area (Å²) >= 11 is 0. The molecule has 0 aliphatic heterocycles. The first-order valence-electron chi connectivity index (χ1n) is 6.94. The van der Waals surface area contributed by atoms with E-state index in [0.717, 1.165) is 0 Å². The number of hydrogen-bond donors (Lipinski definition) is 1.